The number of hydrogen-bond acceptors (Lipinski definition) is 5. The van der Waals surface area contributed by atoms with Crippen LogP contribution in [0.4, 0.5) is 0 Å². The summed E-state index contributed by atoms with van der Waals surface area (Å²) in [6, 6.07) is 5.32. The fourth-order valence-corrected chi connectivity index (χ4v) is 3.88. The third-order valence-corrected chi connectivity index (χ3v) is 5.55. The van der Waals surface area contributed by atoms with Crippen LogP contribution in [0.1, 0.15) is 18.1 Å². The van der Waals surface area contributed by atoms with Crippen LogP contribution in [0.2, 0.25) is 0 Å². The summed E-state index contributed by atoms with van der Waals surface area (Å²) >= 11 is 1.24. The summed E-state index contributed by atoms with van der Waals surface area (Å²) < 4.78 is 27.2. The summed E-state index contributed by atoms with van der Waals surface area (Å²) in [5.41, 5.74) is 1.82. The van der Waals surface area contributed by atoms with Crippen molar-refractivity contribution < 1.29 is 8.42 Å². The van der Waals surface area contributed by atoms with Crippen LogP contribution in [0.3, 0.4) is 0 Å². The Bertz CT molecular complexity index is 639. The number of nitrogens with one attached hydrogen (secondary N) is 2. The van der Waals surface area contributed by atoms with E-state index >= 15 is 0 Å². The first-order chi connectivity index (χ1) is 9.62. The van der Waals surface area contributed by atoms with Gasteiger partial charge in [0.1, 0.15) is 4.21 Å². The molecule has 108 valence electrons. The van der Waals surface area contributed by atoms with Crippen LogP contribution in [-0.2, 0) is 23.1 Å². The predicted octanol–water partition coefficient (Wildman–Crippen LogP) is 1.73. The molecule has 20 heavy (non-hydrogen) atoms. The Balaban J connectivity index is 2.01. The average molecular weight is 311 g/mol. The third kappa shape index (κ3) is 4.11. The van der Waals surface area contributed by atoms with Gasteiger partial charge in [-0.15, -0.1) is 11.3 Å². The number of pyridine rings is 1. The molecule has 0 saturated heterocycles. The normalized spacial score (nSPS) is 11.7. The van der Waals surface area contributed by atoms with E-state index in [1.807, 2.05) is 18.4 Å². The van der Waals surface area contributed by atoms with Gasteiger partial charge in [0, 0.05) is 25.5 Å². The molecule has 0 radical (unpaired) electrons. The molecule has 0 spiro atoms. The Hall–Kier alpha value is -1.28. The lowest BCUT2D eigenvalue weighted by atomic mass is 10.3. The minimum absolute atomic E-state index is 0.247. The Kier molecular flexibility index (Phi) is 5.24. The molecule has 0 amide bonds. The Morgan fingerprint density at radius 2 is 2.15 bits per heavy atom. The summed E-state index contributed by atoms with van der Waals surface area (Å²) in [5.74, 6) is 0. The van der Waals surface area contributed by atoms with Crippen molar-refractivity contribution in [2.24, 2.45) is 0 Å². The zero-order valence-electron chi connectivity index (χ0n) is 11.2. The van der Waals surface area contributed by atoms with Gasteiger partial charge in [0.15, 0.2) is 0 Å². The summed E-state index contributed by atoms with van der Waals surface area (Å²) in [7, 11) is -3.45. The second kappa shape index (κ2) is 6.94. The van der Waals surface area contributed by atoms with Gasteiger partial charge in [0.2, 0.25) is 10.0 Å². The topological polar surface area (TPSA) is 71.1 Å². The molecule has 2 aromatic heterocycles. The van der Waals surface area contributed by atoms with E-state index in [-0.39, 0.29) is 6.54 Å². The molecule has 7 heteroatoms. The third-order valence-electron chi connectivity index (χ3n) is 2.66. The van der Waals surface area contributed by atoms with Crippen LogP contribution in [0.15, 0.2) is 40.2 Å². The Labute approximate surface area is 123 Å². The molecule has 2 aromatic rings. The minimum Gasteiger partial charge on any atom is -0.313 e. The van der Waals surface area contributed by atoms with Gasteiger partial charge >= 0.3 is 0 Å². The molecule has 0 unspecified atom stereocenters. The highest BCUT2D eigenvalue weighted by Gasteiger charge is 2.16. The van der Waals surface area contributed by atoms with Crippen LogP contribution >= 0.6 is 11.3 Å². The van der Waals surface area contributed by atoms with E-state index in [2.05, 4.69) is 15.0 Å². The predicted molar refractivity (Wildman–Crippen MR) is 80.0 cm³/mol. The number of nitrogens with zero attached hydrogens (tertiary/aromatic N) is 1. The minimum atomic E-state index is -3.45. The van der Waals surface area contributed by atoms with E-state index in [9.17, 15) is 8.42 Å². The summed E-state index contributed by atoms with van der Waals surface area (Å²) in [5, 5.41) is 5.03. The lowest BCUT2D eigenvalue weighted by Gasteiger charge is -2.04. The van der Waals surface area contributed by atoms with E-state index in [0.29, 0.717) is 10.8 Å². The van der Waals surface area contributed by atoms with Gasteiger partial charge in [-0.25, -0.2) is 13.1 Å². The highest BCUT2D eigenvalue weighted by atomic mass is 32.2. The molecule has 5 nitrogen and oxygen atoms in total. The first-order valence-corrected chi connectivity index (χ1v) is 8.65. The zero-order valence-corrected chi connectivity index (χ0v) is 12.8. The van der Waals surface area contributed by atoms with Crippen molar-refractivity contribution in [3.05, 3.63) is 47.1 Å². The first kappa shape index (κ1) is 15.1. The molecule has 2 rings (SSSR count). The largest absolute Gasteiger partial charge is 0.313 e. The molecule has 0 aliphatic heterocycles. The standard InChI is InChI=1S/C13H17N3O2S2/c1-2-14-8-12-6-13(19-10-12)20(17,18)16-9-11-4-3-5-15-7-11/h3-7,10,14,16H,2,8-9H2,1H3. The Morgan fingerprint density at radius 1 is 1.30 bits per heavy atom. The van der Waals surface area contributed by atoms with Crippen molar-refractivity contribution in [3.63, 3.8) is 0 Å². The quantitative estimate of drug-likeness (QED) is 0.817. The molecule has 0 fully saturated rings. The fourth-order valence-electron chi connectivity index (χ4n) is 1.61. The fraction of sp³-hybridized carbons (Fsp3) is 0.308. The molecular weight excluding hydrogens is 294 g/mol. The highest BCUT2D eigenvalue weighted by Crippen LogP contribution is 2.20. The lowest BCUT2D eigenvalue weighted by molar-refractivity contribution is 0.583. The molecule has 0 atom stereocenters. The van der Waals surface area contributed by atoms with E-state index in [1.165, 1.54) is 11.3 Å². The lowest BCUT2D eigenvalue weighted by Crippen LogP contribution is -2.22. The Morgan fingerprint density at radius 3 is 2.85 bits per heavy atom. The maximum Gasteiger partial charge on any atom is 0.250 e. The van der Waals surface area contributed by atoms with Gasteiger partial charge in [-0.3, -0.25) is 4.98 Å². The average Bonchev–Trinajstić information content (AvgIpc) is 2.94. The highest BCUT2D eigenvalue weighted by molar-refractivity contribution is 7.91. The molecule has 0 bridgehead atoms. The number of aromatic nitrogens is 1. The van der Waals surface area contributed by atoms with Crippen LogP contribution in [-0.4, -0.2) is 19.9 Å². The maximum atomic E-state index is 12.2. The van der Waals surface area contributed by atoms with Crippen LogP contribution < -0.4 is 10.0 Å². The molecule has 2 heterocycles. The first-order valence-electron chi connectivity index (χ1n) is 6.28. The van der Waals surface area contributed by atoms with E-state index in [1.54, 1.807) is 24.5 Å². The molecule has 0 aromatic carbocycles. The zero-order chi connectivity index (χ0) is 14.4. The molecule has 0 aliphatic rings. The van der Waals surface area contributed by atoms with Gasteiger partial charge in [-0.2, -0.15) is 0 Å². The van der Waals surface area contributed by atoms with E-state index in [4.69, 9.17) is 0 Å². The maximum absolute atomic E-state index is 12.2. The SMILES string of the molecule is CCNCc1csc(S(=O)(=O)NCc2cccnc2)c1. The monoisotopic (exact) mass is 311 g/mol. The van der Waals surface area contributed by atoms with E-state index in [0.717, 1.165) is 17.7 Å². The van der Waals surface area contributed by atoms with Gasteiger partial charge in [-0.05, 0) is 35.2 Å². The van der Waals surface area contributed by atoms with Crippen molar-refractivity contribution in [1.82, 2.24) is 15.0 Å². The smallest absolute Gasteiger partial charge is 0.250 e. The van der Waals surface area contributed by atoms with Crippen molar-refractivity contribution in [2.45, 2.75) is 24.2 Å². The summed E-state index contributed by atoms with van der Waals surface area (Å²) in [6.07, 6.45) is 3.30. The van der Waals surface area contributed by atoms with Gasteiger partial charge < -0.3 is 5.32 Å². The van der Waals surface area contributed by atoms with Gasteiger partial charge in [0.05, 0.1) is 0 Å². The van der Waals surface area contributed by atoms with Gasteiger partial charge in [-0.1, -0.05) is 13.0 Å². The van der Waals surface area contributed by atoms with Crippen LogP contribution in [0.25, 0.3) is 0 Å². The number of hydrogen-bond donors (Lipinski definition) is 2. The van der Waals surface area contributed by atoms with Crippen molar-refractivity contribution >= 4 is 21.4 Å². The summed E-state index contributed by atoms with van der Waals surface area (Å²) in [6.45, 7) is 3.80. The molecule has 0 saturated carbocycles. The molecule has 2 N–H and O–H groups in total. The number of sulfonamides is 1. The van der Waals surface area contributed by atoms with Gasteiger partial charge in [0.25, 0.3) is 0 Å². The van der Waals surface area contributed by atoms with Crippen molar-refractivity contribution in [3.8, 4) is 0 Å². The van der Waals surface area contributed by atoms with Crippen molar-refractivity contribution in [1.29, 1.82) is 0 Å². The number of thiophene rings is 1. The van der Waals surface area contributed by atoms with E-state index < -0.39 is 10.0 Å². The molecular formula is C13H17N3O2S2. The summed E-state index contributed by atoms with van der Waals surface area (Å²) in [4.78, 5) is 3.96. The van der Waals surface area contributed by atoms with Crippen LogP contribution in [0.5, 0.6) is 0 Å². The van der Waals surface area contributed by atoms with Crippen molar-refractivity contribution in [2.75, 3.05) is 6.54 Å². The number of rotatable bonds is 7. The second-order valence-electron chi connectivity index (χ2n) is 4.24. The molecule has 0 aliphatic carbocycles. The van der Waals surface area contributed by atoms with Crippen LogP contribution in [0, 0.1) is 0 Å². The second-order valence-corrected chi connectivity index (χ2v) is 7.15.